The predicted molar refractivity (Wildman–Crippen MR) is 281 cm³/mol. The molecule has 12 aromatic rings. The molecule has 13 heteroatoms. The van der Waals surface area contributed by atoms with E-state index in [1.165, 1.54) is 35.2 Å². The summed E-state index contributed by atoms with van der Waals surface area (Å²) in [6.07, 6.45) is 0. The maximum atomic E-state index is 9.35. The highest BCUT2D eigenvalue weighted by molar-refractivity contribution is 7.00. The molecule has 70 heavy (non-hydrogen) atoms. The van der Waals surface area contributed by atoms with Crippen LogP contribution in [0.2, 0.25) is 0 Å². The van der Waals surface area contributed by atoms with E-state index in [1.807, 2.05) is 72.8 Å². The van der Waals surface area contributed by atoms with Gasteiger partial charge in [-0.3, -0.25) is 0 Å². The van der Waals surface area contributed by atoms with Crippen LogP contribution in [0, 0.1) is 34.0 Å². The Kier molecular flexibility index (Phi) is 10.7. The summed E-state index contributed by atoms with van der Waals surface area (Å²) in [6, 6.07) is 67.3. The molecule has 0 fully saturated rings. The molecule has 12 rings (SSSR count). The van der Waals surface area contributed by atoms with E-state index in [2.05, 4.69) is 132 Å². The molecular formula is C57H30N10S3. The Balaban J connectivity index is 0.911. The first-order chi connectivity index (χ1) is 34.5. The lowest BCUT2D eigenvalue weighted by atomic mass is 9.96. The number of nitriles is 3. The molecule has 0 bridgehead atoms. The van der Waals surface area contributed by atoms with E-state index in [0.717, 1.165) is 117 Å². The maximum Gasteiger partial charge on any atom is 0.113 e. The molecule has 0 saturated heterocycles. The number of rotatable bonds is 9. The van der Waals surface area contributed by atoms with E-state index in [4.69, 9.17) is 26.2 Å². The minimum atomic E-state index is 0.608. The fourth-order valence-corrected chi connectivity index (χ4v) is 10.7. The molecule has 0 spiro atoms. The van der Waals surface area contributed by atoms with Crippen LogP contribution in [0.1, 0.15) is 16.7 Å². The molecule has 3 aromatic heterocycles. The smallest absolute Gasteiger partial charge is 0.113 e. The lowest BCUT2D eigenvalue weighted by Crippen LogP contribution is -2.09. The van der Waals surface area contributed by atoms with Crippen LogP contribution in [0.25, 0.3) is 99.9 Å². The normalized spacial score (nSPS) is 11.1. The van der Waals surface area contributed by atoms with E-state index >= 15 is 0 Å². The van der Waals surface area contributed by atoms with E-state index in [1.54, 1.807) is 0 Å². The first-order valence-corrected chi connectivity index (χ1v) is 24.1. The number of benzene rings is 9. The number of fused-ring (bicyclic) bond motifs is 3. The van der Waals surface area contributed by atoms with Gasteiger partial charge in [-0.15, -0.1) is 0 Å². The summed E-state index contributed by atoms with van der Waals surface area (Å²) in [5, 5.41) is 28.0. The average Bonchev–Trinajstić information content (AvgIpc) is 4.25. The molecule has 0 unspecified atom stereocenters. The number of aromatic nitrogens is 6. The van der Waals surface area contributed by atoms with Crippen LogP contribution in [-0.4, -0.2) is 26.2 Å². The largest absolute Gasteiger partial charge is 0.311 e. The Morgan fingerprint density at radius 3 is 0.629 bits per heavy atom. The molecule has 0 N–H and O–H groups in total. The fourth-order valence-electron chi connectivity index (χ4n) is 8.99. The van der Waals surface area contributed by atoms with Crippen LogP contribution in [0.3, 0.4) is 0 Å². The maximum absolute atomic E-state index is 9.35. The fraction of sp³-hybridized carbons (Fsp3) is 0. The van der Waals surface area contributed by atoms with Gasteiger partial charge in [-0.25, -0.2) is 0 Å². The van der Waals surface area contributed by atoms with Gasteiger partial charge >= 0.3 is 0 Å². The molecule has 0 atom stereocenters. The van der Waals surface area contributed by atoms with Gasteiger partial charge in [-0.2, -0.15) is 42.0 Å². The average molecular weight is 951 g/mol. The summed E-state index contributed by atoms with van der Waals surface area (Å²) in [7, 11) is 0. The van der Waals surface area contributed by atoms with Crippen LogP contribution in [-0.2, 0) is 0 Å². The summed E-state index contributed by atoms with van der Waals surface area (Å²) < 4.78 is 28.4. The Morgan fingerprint density at radius 1 is 0.257 bits per heavy atom. The van der Waals surface area contributed by atoms with Gasteiger partial charge in [0.05, 0.1) is 70.1 Å². The van der Waals surface area contributed by atoms with Crippen molar-refractivity contribution in [3.63, 3.8) is 0 Å². The van der Waals surface area contributed by atoms with Crippen molar-refractivity contribution >= 4 is 85.3 Å². The molecule has 326 valence electrons. The number of anilines is 3. The highest BCUT2D eigenvalue weighted by atomic mass is 32.1. The molecule has 0 aliphatic rings. The standard InChI is InChI=1S/C57H30N10S3/c58-31-34-1-7-37(8-2-34)46-25-28-49(55-52(46)61-68-64-55)40-13-19-43(20-14-40)67(44-21-15-41(16-22-44)50-29-26-47(53-56(50)65-69-62-53)38-9-3-35(32-59)4-10-38)45-23-17-42(18-24-45)51-30-27-48(54-57(51)66-70-63-54)39-11-5-36(33-60)6-12-39/h1-30H. The predicted octanol–water partition coefficient (Wildman–Crippen LogP) is 14.8. The van der Waals surface area contributed by atoms with Gasteiger partial charge in [0.15, 0.2) is 0 Å². The van der Waals surface area contributed by atoms with Crippen molar-refractivity contribution in [1.29, 1.82) is 15.8 Å². The second kappa shape index (κ2) is 17.7. The first-order valence-electron chi connectivity index (χ1n) is 21.9. The third-order valence-corrected chi connectivity index (χ3v) is 14.1. The Labute approximate surface area is 413 Å². The van der Waals surface area contributed by atoms with Gasteiger partial charge in [-0.1, -0.05) is 109 Å². The summed E-state index contributed by atoms with van der Waals surface area (Å²) in [6.45, 7) is 0. The minimum absolute atomic E-state index is 0.608. The van der Waals surface area contributed by atoms with Crippen LogP contribution >= 0.6 is 35.2 Å². The van der Waals surface area contributed by atoms with Crippen molar-refractivity contribution < 1.29 is 0 Å². The van der Waals surface area contributed by atoms with Gasteiger partial charge < -0.3 is 4.90 Å². The molecule has 0 aliphatic carbocycles. The van der Waals surface area contributed by atoms with Crippen LogP contribution in [0.5, 0.6) is 0 Å². The topological polar surface area (TPSA) is 152 Å². The highest BCUT2D eigenvalue weighted by Crippen LogP contribution is 2.42. The van der Waals surface area contributed by atoms with E-state index < -0.39 is 0 Å². The third kappa shape index (κ3) is 7.48. The molecule has 0 radical (unpaired) electrons. The zero-order valence-electron chi connectivity index (χ0n) is 36.5. The summed E-state index contributed by atoms with van der Waals surface area (Å²) in [5.74, 6) is 0. The summed E-state index contributed by atoms with van der Waals surface area (Å²) in [5.41, 5.74) is 21.4. The van der Waals surface area contributed by atoms with Crippen molar-refractivity contribution in [1.82, 2.24) is 26.2 Å². The van der Waals surface area contributed by atoms with Crippen LogP contribution in [0.4, 0.5) is 17.1 Å². The molecule has 9 aromatic carbocycles. The lowest BCUT2D eigenvalue weighted by Gasteiger charge is -2.26. The van der Waals surface area contributed by atoms with Crippen molar-refractivity contribution in [3.05, 3.63) is 199 Å². The molecule has 0 aliphatic heterocycles. The summed E-state index contributed by atoms with van der Waals surface area (Å²) in [4.78, 5) is 2.24. The monoisotopic (exact) mass is 950 g/mol. The molecule has 10 nitrogen and oxygen atoms in total. The van der Waals surface area contributed by atoms with Crippen LogP contribution in [0.15, 0.2) is 182 Å². The number of nitrogens with zero attached hydrogens (tertiary/aromatic N) is 10. The van der Waals surface area contributed by atoms with Gasteiger partial charge in [0.25, 0.3) is 0 Å². The molecule has 0 saturated carbocycles. The zero-order valence-corrected chi connectivity index (χ0v) is 39.0. The summed E-state index contributed by atoms with van der Waals surface area (Å²) >= 11 is 3.57. The minimum Gasteiger partial charge on any atom is -0.311 e. The van der Waals surface area contributed by atoms with Gasteiger partial charge in [-0.05, 0) is 106 Å². The van der Waals surface area contributed by atoms with Crippen molar-refractivity contribution in [2.24, 2.45) is 0 Å². The third-order valence-electron chi connectivity index (χ3n) is 12.5. The molecule has 0 amide bonds. The van der Waals surface area contributed by atoms with E-state index in [-0.39, 0.29) is 0 Å². The SMILES string of the molecule is N#Cc1ccc(-c2ccc(-c3ccc(N(c4ccc(-c5ccc(-c6ccc(C#N)cc6)c6nsnc56)cc4)c4ccc(-c5ccc(-c6ccc(C#N)cc6)c6nsnc56)cc4)cc3)c3nsnc23)cc1. The second-order valence-corrected chi connectivity index (χ2v) is 18.0. The molecular weight excluding hydrogens is 921 g/mol. The van der Waals surface area contributed by atoms with Gasteiger partial charge in [0.2, 0.25) is 0 Å². The Morgan fingerprint density at radius 2 is 0.443 bits per heavy atom. The van der Waals surface area contributed by atoms with Crippen molar-refractivity contribution in [3.8, 4) is 85.0 Å². The number of hydrogen-bond donors (Lipinski definition) is 0. The van der Waals surface area contributed by atoms with Gasteiger partial charge in [0, 0.05) is 50.4 Å². The zero-order chi connectivity index (χ0) is 47.1. The highest BCUT2D eigenvalue weighted by Gasteiger charge is 2.20. The van der Waals surface area contributed by atoms with E-state index in [0.29, 0.717) is 16.7 Å². The quantitative estimate of drug-likeness (QED) is 0.137. The van der Waals surface area contributed by atoms with Crippen molar-refractivity contribution in [2.75, 3.05) is 4.90 Å². The lowest BCUT2D eigenvalue weighted by molar-refractivity contribution is 1.28. The van der Waals surface area contributed by atoms with Crippen molar-refractivity contribution in [2.45, 2.75) is 0 Å². The van der Waals surface area contributed by atoms with Gasteiger partial charge in [0.1, 0.15) is 33.1 Å². The molecule has 3 heterocycles. The van der Waals surface area contributed by atoms with Crippen LogP contribution < -0.4 is 4.90 Å². The van der Waals surface area contributed by atoms with E-state index in [9.17, 15) is 15.8 Å². The number of hydrogen-bond acceptors (Lipinski definition) is 13. The second-order valence-electron chi connectivity index (χ2n) is 16.4. The Bertz CT molecular complexity index is 3640. The first kappa shape index (κ1) is 42.1. The Hall–Kier alpha value is -9.29.